The van der Waals surface area contributed by atoms with E-state index in [1.54, 1.807) is 13.0 Å². The van der Waals surface area contributed by atoms with Crippen LogP contribution in [0.3, 0.4) is 0 Å². The van der Waals surface area contributed by atoms with E-state index in [1.807, 2.05) is 0 Å². The third-order valence-corrected chi connectivity index (χ3v) is 8.16. The van der Waals surface area contributed by atoms with Gasteiger partial charge in [-0.25, -0.2) is 16.8 Å². The van der Waals surface area contributed by atoms with Gasteiger partial charge in [0.05, 0.1) is 16.5 Å². The molecule has 0 aliphatic carbocycles. The van der Waals surface area contributed by atoms with Gasteiger partial charge in [-0.2, -0.15) is 4.31 Å². The van der Waals surface area contributed by atoms with Gasteiger partial charge in [-0.15, -0.1) is 0 Å². The Balaban J connectivity index is 2.41. The van der Waals surface area contributed by atoms with Crippen LogP contribution in [-0.4, -0.2) is 45.2 Å². The van der Waals surface area contributed by atoms with Gasteiger partial charge in [-0.1, -0.05) is 34.5 Å². The van der Waals surface area contributed by atoms with E-state index in [4.69, 9.17) is 11.6 Å². The summed E-state index contributed by atoms with van der Waals surface area (Å²) in [6.45, 7) is 1.89. The molecule has 21 heavy (non-hydrogen) atoms. The average molecular weight is 417 g/mol. The average Bonchev–Trinajstić information content (AvgIpc) is 2.69. The number of benzene rings is 1. The van der Waals surface area contributed by atoms with Gasteiger partial charge in [0.25, 0.3) is 0 Å². The van der Waals surface area contributed by atoms with Crippen LogP contribution >= 0.6 is 27.5 Å². The Hall–Kier alpha value is -0.150. The molecular weight excluding hydrogens is 402 g/mol. The maximum atomic E-state index is 12.7. The summed E-state index contributed by atoms with van der Waals surface area (Å²) in [4.78, 5) is -0.00138. The molecule has 0 radical (unpaired) electrons. The van der Waals surface area contributed by atoms with Crippen molar-refractivity contribution in [2.24, 2.45) is 0 Å². The molecule has 0 aromatic heterocycles. The topological polar surface area (TPSA) is 71.5 Å². The number of sulfone groups is 1. The Bertz CT molecular complexity index is 749. The van der Waals surface area contributed by atoms with E-state index in [9.17, 15) is 16.8 Å². The van der Waals surface area contributed by atoms with Crippen molar-refractivity contribution in [1.82, 2.24) is 4.31 Å². The largest absolute Gasteiger partial charge is 0.244 e. The van der Waals surface area contributed by atoms with Crippen molar-refractivity contribution in [1.29, 1.82) is 0 Å². The molecule has 0 spiro atoms. The molecule has 1 atom stereocenters. The zero-order valence-electron chi connectivity index (χ0n) is 11.3. The zero-order chi connectivity index (χ0) is 15.8. The molecule has 1 saturated heterocycles. The summed E-state index contributed by atoms with van der Waals surface area (Å²) in [5, 5.41) is 0.115. The van der Waals surface area contributed by atoms with E-state index in [1.165, 1.54) is 16.4 Å². The first-order valence-corrected chi connectivity index (χ1v) is 10.8. The Morgan fingerprint density at radius 3 is 2.57 bits per heavy atom. The SMILES string of the molecule is CCN([C@@H]1CCS(=O)(=O)C1)S(=O)(=O)c1ccc(Br)cc1Cl. The predicted molar refractivity (Wildman–Crippen MR) is 85.8 cm³/mol. The molecule has 1 aliphatic rings. The second-order valence-corrected chi connectivity index (χ2v) is 10.3. The third kappa shape index (κ3) is 3.61. The van der Waals surface area contributed by atoms with E-state index in [2.05, 4.69) is 15.9 Å². The molecule has 0 unspecified atom stereocenters. The van der Waals surface area contributed by atoms with Crippen molar-refractivity contribution in [2.45, 2.75) is 24.3 Å². The number of sulfonamides is 1. The Labute approximate surface area is 138 Å². The number of nitrogens with zero attached hydrogens (tertiary/aromatic N) is 1. The number of hydrogen-bond acceptors (Lipinski definition) is 4. The lowest BCUT2D eigenvalue weighted by atomic mass is 10.3. The minimum atomic E-state index is -3.82. The first-order chi connectivity index (χ1) is 9.67. The summed E-state index contributed by atoms with van der Waals surface area (Å²) in [5.74, 6) is -0.105. The van der Waals surface area contributed by atoms with Gasteiger partial charge < -0.3 is 0 Å². The fraction of sp³-hybridized carbons (Fsp3) is 0.500. The van der Waals surface area contributed by atoms with Crippen LogP contribution in [0.15, 0.2) is 27.6 Å². The van der Waals surface area contributed by atoms with Gasteiger partial charge in [0.15, 0.2) is 9.84 Å². The summed E-state index contributed by atoms with van der Waals surface area (Å²) < 4.78 is 50.5. The lowest BCUT2D eigenvalue weighted by Gasteiger charge is -2.26. The van der Waals surface area contributed by atoms with Crippen LogP contribution in [0, 0.1) is 0 Å². The Kier molecular flexibility index (Phi) is 5.04. The highest BCUT2D eigenvalue weighted by molar-refractivity contribution is 9.10. The molecule has 0 bridgehead atoms. The van der Waals surface area contributed by atoms with E-state index in [-0.39, 0.29) is 28.0 Å². The molecule has 9 heteroatoms. The van der Waals surface area contributed by atoms with Crippen molar-refractivity contribution < 1.29 is 16.8 Å². The van der Waals surface area contributed by atoms with E-state index in [0.29, 0.717) is 10.9 Å². The molecule has 0 saturated carbocycles. The van der Waals surface area contributed by atoms with Crippen molar-refractivity contribution in [3.05, 3.63) is 27.7 Å². The monoisotopic (exact) mass is 415 g/mol. The van der Waals surface area contributed by atoms with Gasteiger partial charge in [0.1, 0.15) is 4.90 Å². The van der Waals surface area contributed by atoms with Crippen LogP contribution in [0.5, 0.6) is 0 Å². The fourth-order valence-electron chi connectivity index (χ4n) is 2.44. The van der Waals surface area contributed by atoms with Gasteiger partial charge in [-0.3, -0.25) is 0 Å². The molecule has 118 valence electrons. The van der Waals surface area contributed by atoms with Crippen molar-refractivity contribution >= 4 is 47.4 Å². The van der Waals surface area contributed by atoms with Crippen molar-refractivity contribution in [3.8, 4) is 0 Å². The Morgan fingerprint density at radius 1 is 1.43 bits per heavy atom. The molecule has 1 aromatic carbocycles. The van der Waals surface area contributed by atoms with E-state index < -0.39 is 25.9 Å². The summed E-state index contributed by atoms with van der Waals surface area (Å²) in [5.41, 5.74) is 0. The van der Waals surface area contributed by atoms with Gasteiger partial charge in [0, 0.05) is 17.1 Å². The number of halogens is 2. The Morgan fingerprint density at radius 2 is 2.10 bits per heavy atom. The summed E-state index contributed by atoms with van der Waals surface area (Å²) >= 11 is 9.25. The van der Waals surface area contributed by atoms with Crippen LogP contribution in [0.4, 0.5) is 0 Å². The molecular formula is C12H15BrClNO4S2. The van der Waals surface area contributed by atoms with Crippen LogP contribution in [-0.2, 0) is 19.9 Å². The van der Waals surface area contributed by atoms with Crippen LogP contribution in [0.1, 0.15) is 13.3 Å². The maximum absolute atomic E-state index is 12.7. The highest BCUT2D eigenvalue weighted by atomic mass is 79.9. The molecule has 1 aliphatic heterocycles. The first kappa shape index (κ1) is 17.2. The number of rotatable bonds is 4. The quantitative estimate of drug-likeness (QED) is 0.755. The van der Waals surface area contributed by atoms with Crippen molar-refractivity contribution in [2.75, 3.05) is 18.1 Å². The van der Waals surface area contributed by atoms with Gasteiger partial charge >= 0.3 is 0 Å². The van der Waals surface area contributed by atoms with Crippen LogP contribution in [0.25, 0.3) is 0 Å². The van der Waals surface area contributed by atoms with E-state index in [0.717, 1.165) is 0 Å². The standard InChI is InChI=1S/C12H15BrClNO4S2/c1-2-15(10-5-6-20(16,17)8-10)21(18,19)12-4-3-9(13)7-11(12)14/h3-4,7,10H,2,5-6,8H2,1H3/t10-/m1/s1. The smallest absolute Gasteiger partial charge is 0.229 e. The number of hydrogen-bond donors (Lipinski definition) is 0. The second-order valence-electron chi connectivity index (χ2n) is 4.84. The molecule has 1 aromatic rings. The third-order valence-electron chi connectivity index (χ3n) is 3.41. The maximum Gasteiger partial charge on any atom is 0.244 e. The minimum Gasteiger partial charge on any atom is -0.229 e. The molecule has 5 nitrogen and oxygen atoms in total. The van der Waals surface area contributed by atoms with Crippen LogP contribution < -0.4 is 0 Å². The van der Waals surface area contributed by atoms with Gasteiger partial charge in [-0.05, 0) is 24.6 Å². The fourth-order valence-corrected chi connectivity index (χ4v) is 6.94. The minimum absolute atomic E-state index is 0.00138. The highest BCUT2D eigenvalue weighted by Crippen LogP contribution is 2.30. The van der Waals surface area contributed by atoms with Gasteiger partial charge in [0.2, 0.25) is 10.0 Å². The highest BCUT2D eigenvalue weighted by Gasteiger charge is 2.38. The second kappa shape index (κ2) is 6.16. The molecule has 2 rings (SSSR count). The molecule has 0 amide bonds. The normalized spacial score (nSPS) is 21.8. The first-order valence-electron chi connectivity index (χ1n) is 6.34. The predicted octanol–water partition coefficient (Wildman–Crippen LogP) is 2.30. The van der Waals surface area contributed by atoms with Crippen LogP contribution in [0.2, 0.25) is 5.02 Å². The zero-order valence-corrected chi connectivity index (χ0v) is 15.3. The lowest BCUT2D eigenvalue weighted by molar-refractivity contribution is 0.354. The summed E-state index contributed by atoms with van der Waals surface area (Å²) in [6, 6.07) is 4.00. The summed E-state index contributed by atoms with van der Waals surface area (Å²) in [7, 11) is -6.97. The molecule has 1 fully saturated rings. The summed E-state index contributed by atoms with van der Waals surface area (Å²) in [6.07, 6.45) is 0.323. The van der Waals surface area contributed by atoms with Crippen molar-refractivity contribution in [3.63, 3.8) is 0 Å². The van der Waals surface area contributed by atoms with E-state index >= 15 is 0 Å². The molecule has 0 N–H and O–H groups in total. The lowest BCUT2D eigenvalue weighted by Crippen LogP contribution is -2.41. The molecule has 1 heterocycles.